The summed E-state index contributed by atoms with van der Waals surface area (Å²) in [5, 5.41) is 3.89. The molecule has 126 valence electrons. The van der Waals surface area contributed by atoms with Crippen molar-refractivity contribution in [2.24, 2.45) is 5.10 Å². The predicted octanol–water partition coefficient (Wildman–Crippen LogP) is 5.27. The third-order valence-electron chi connectivity index (χ3n) is 3.28. The average Bonchev–Trinajstić information content (AvgIpc) is 3.06. The molecule has 7 heteroatoms. The number of carbonyl (C=O) groups is 1. The number of hydrazone groups is 1. The zero-order chi connectivity index (χ0) is 17.8. The Morgan fingerprint density at radius 2 is 2.04 bits per heavy atom. The molecule has 0 saturated heterocycles. The number of rotatable bonds is 4. The lowest BCUT2D eigenvalue weighted by molar-refractivity contribution is 0.0955. The highest BCUT2D eigenvalue weighted by Crippen LogP contribution is 2.26. The number of nitrogens with one attached hydrogen (secondary N) is 1. The largest absolute Gasteiger partial charge is 0.455 e. The van der Waals surface area contributed by atoms with Crippen LogP contribution in [0.1, 0.15) is 16.1 Å². The van der Waals surface area contributed by atoms with E-state index in [9.17, 15) is 9.18 Å². The average molecular weight is 422 g/mol. The Balaban J connectivity index is 1.67. The summed E-state index contributed by atoms with van der Waals surface area (Å²) < 4.78 is 19.6. The van der Waals surface area contributed by atoms with Gasteiger partial charge in [0.05, 0.1) is 11.2 Å². The molecule has 0 aliphatic heterocycles. The van der Waals surface area contributed by atoms with Gasteiger partial charge < -0.3 is 4.42 Å². The SMILES string of the molecule is O=C(N/N=C/c1ccc(-c2ccc(F)c(Cl)c2)o1)c1cccc(Br)c1. The summed E-state index contributed by atoms with van der Waals surface area (Å²) >= 11 is 9.07. The van der Waals surface area contributed by atoms with Gasteiger partial charge in [-0.3, -0.25) is 4.79 Å². The molecule has 3 aromatic rings. The van der Waals surface area contributed by atoms with Crippen LogP contribution in [0.15, 0.2) is 68.6 Å². The molecule has 1 N–H and O–H groups in total. The fraction of sp³-hybridized carbons (Fsp3) is 0. The summed E-state index contributed by atoms with van der Waals surface area (Å²) in [6.07, 6.45) is 1.38. The quantitative estimate of drug-likeness (QED) is 0.461. The van der Waals surface area contributed by atoms with Gasteiger partial charge in [-0.15, -0.1) is 0 Å². The van der Waals surface area contributed by atoms with E-state index in [1.165, 1.54) is 18.3 Å². The van der Waals surface area contributed by atoms with Crippen LogP contribution in [0, 0.1) is 5.82 Å². The van der Waals surface area contributed by atoms with Gasteiger partial charge in [0.25, 0.3) is 5.91 Å². The normalized spacial score (nSPS) is 11.0. The van der Waals surface area contributed by atoms with Crippen LogP contribution in [-0.4, -0.2) is 12.1 Å². The first-order valence-electron chi connectivity index (χ1n) is 7.17. The molecule has 0 spiro atoms. The minimum absolute atomic E-state index is 0.0189. The summed E-state index contributed by atoms with van der Waals surface area (Å²) in [6.45, 7) is 0. The number of amides is 1. The van der Waals surface area contributed by atoms with E-state index in [1.807, 2.05) is 6.07 Å². The van der Waals surface area contributed by atoms with Crippen molar-refractivity contribution in [2.45, 2.75) is 0 Å². The number of furan rings is 1. The molecule has 2 aromatic carbocycles. The van der Waals surface area contributed by atoms with Crippen LogP contribution >= 0.6 is 27.5 Å². The van der Waals surface area contributed by atoms with Crippen LogP contribution in [0.25, 0.3) is 11.3 Å². The van der Waals surface area contributed by atoms with E-state index in [0.29, 0.717) is 22.6 Å². The van der Waals surface area contributed by atoms with Crippen LogP contribution in [0.2, 0.25) is 5.02 Å². The molecule has 0 radical (unpaired) electrons. The molecule has 0 aliphatic carbocycles. The molecule has 0 aliphatic rings. The van der Waals surface area contributed by atoms with E-state index in [1.54, 1.807) is 36.4 Å². The van der Waals surface area contributed by atoms with Crippen molar-refractivity contribution in [1.29, 1.82) is 0 Å². The number of nitrogens with zero attached hydrogens (tertiary/aromatic N) is 1. The number of hydrogen-bond donors (Lipinski definition) is 1. The van der Waals surface area contributed by atoms with Crippen LogP contribution in [0.5, 0.6) is 0 Å². The summed E-state index contributed by atoms with van der Waals surface area (Å²) in [5.74, 6) is 0.121. The molecule has 1 amide bonds. The summed E-state index contributed by atoms with van der Waals surface area (Å²) in [7, 11) is 0. The Hall–Kier alpha value is -2.44. The molecule has 0 saturated carbocycles. The highest BCUT2D eigenvalue weighted by Gasteiger charge is 2.07. The van der Waals surface area contributed by atoms with Crippen molar-refractivity contribution < 1.29 is 13.6 Å². The van der Waals surface area contributed by atoms with Crippen molar-refractivity contribution in [1.82, 2.24) is 5.43 Å². The topological polar surface area (TPSA) is 54.6 Å². The van der Waals surface area contributed by atoms with Gasteiger partial charge in [-0.2, -0.15) is 5.10 Å². The molecule has 3 rings (SSSR count). The minimum atomic E-state index is -0.492. The monoisotopic (exact) mass is 420 g/mol. The Morgan fingerprint density at radius 3 is 2.80 bits per heavy atom. The molecule has 0 unspecified atom stereocenters. The molecule has 1 aromatic heterocycles. The molecule has 0 fully saturated rings. The van der Waals surface area contributed by atoms with Crippen molar-refractivity contribution in [3.63, 3.8) is 0 Å². The van der Waals surface area contributed by atoms with Crippen molar-refractivity contribution in [3.8, 4) is 11.3 Å². The maximum atomic E-state index is 13.2. The van der Waals surface area contributed by atoms with Gasteiger partial charge in [-0.25, -0.2) is 9.82 Å². The smallest absolute Gasteiger partial charge is 0.271 e. The fourth-order valence-electron chi connectivity index (χ4n) is 2.08. The second-order valence-electron chi connectivity index (χ2n) is 5.04. The predicted molar refractivity (Wildman–Crippen MR) is 98.3 cm³/mol. The molecule has 4 nitrogen and oxygen atoms in total. The number of hydrogen-bond acceptors (Lipinski definition) is 3. The lowest BCUT2D eigenvalue weighted by Crippen LogP contribution is -2.17. The second kappa shape index (κ2) is 7.63. The molecule has 1 heterocycles. The third kappa shape index (κ3) is 4.35. The minimum Gasteiger partial charge on any atom is -0.455 e. The van der Waals surface area contributed by atoms with Gasteiger partial charge >= 0.3 is 0 Å². The van der Waals surface area contributed by atoms with E-state index < -0.39 is 5.82 Å². The van der Waals surface area contributed by atoms with Crippen LogP contribution in [-0.2, 0) is 0 Å². The first kappa shape index (κ1) is 17.4. The Bertz CT molecular complexity index is 956. The van der Waals surface area contributed by atoms with Gasteiger partial charge in [-0.1, -0.05) is 33.6 Å². The Kier molecular flexibility index (Phi) is 5.31. The van der Waals surface area contributed by atoms with Crippen LogP contribution in [0.3, 0.4) is 0 Å². The number of benzene rings is 2. The van der Waals surface area contributed by atoms with Crippen molar-refractivity contribution in [3.05, 3.63) is 81.2 Å². The fourth-order valence-corrected chi connectivity index (χ4v) is 2.66. The highest BCUT2D eigenvalue weighted by atomic mass is 79.9. The number of carbonyl (C=O) groups excluding carboxylic acids is 1. The summed E-state index contributed by atoms with van der Waals surface area (Å²) in [4.78, 5) is 12.0. The Morgan fingerprint density at radius 1 is 1.20 bits per heavy atom. The third-order valence-corrected chi connectivity index (χ3v) is 4.06. The number of halogens is 3. The van der Waals surface area contributed by atoms with E-state index in [4.69, 9.17) is 16.0 Å². The van der Waals surface area contributed by atoms with Crippen LogP contribution < -0.4 is 5.43 Å². The van der Waals surface area contributed by atoms with E-state index in [2.05, 4.69) is 26.5 Å². The van der Waals surface area contributed by atoms with Crippen molar-refractivity contribution >= 4 is 39.7 Å². The lowest BCUT2D eigenvalue weighted by atomic mass is 10.2. The van der Waals surface area contributed by atoms with Gasteiger partial charge in [0.2, 0.25) is 0 Å². The van der Waals surface area contributed by atoms with E-state index in [0.717, 1.165) is 4.47 Å². The summed E-state index contributed by atoms with van der Waals surface area (Å²) in [5.41, 5.74) is 3.54. The zero-order valence-electron chi connectivity index (χ0n) is 12.7. The van der Waals surface area contributed by atoms with Gasteiger partial charge in [-0.05, 0) is 48.5 Å². The van der Waals surface area contributed by atoms with Gasteiger partial charge in [0.15, 0.2) is 0 Å². The lowest BCUT2D eigenvalue weighted by Gasteiger charge is -2.00. The van der Waals surface area contributed by atoms with Crippen molar-refractivity contribution in [2.75, 3.05) is 0 Å². The molecular weight excluding hydrogens is 411 g/mol. The van der Waals surface area contributed by atoms with E-state index >= 15 is 0 Å². The standard InChI is InChI=1S/C18H11BrClFN2O2/c19-13-3-1-2-12(8-13)18(24)23-22-10-14-5-7-17(25-14)11-4-6-16(21)15(20)9-11/h1-10H,(H,23,24)/b22-10+. The molecule has 25 heavy (non-hydrogen) atoms. The first-order chi connectivity index (χ1) is 12.0. The highest BCUT2D eigenvalue weighted by molar-refractivity contribution is 9.10. The second-order valence-corrected chi connectivity index (χ2v) is 6.36. The van der Waals surface area contributed by atoms with Gasteiger partial charge in [0, 0.05) is 15.6 Å². The zero-order valence-corrected chi connectivity index (χ0v) is 15.0. The molecule has 0 bridgehead atoms. The molecule has 0 atom stereocenters. The van der Waals surface area contributed by atoms with E-state index in [-0.39, 0.29) is 10.9 Å². The van der Waals surface area contributed by atoms with Gasteiger partial charge in [0.1, 0.15) is 17.3 Å². The summed E-state index contributed by atoms with van der Waals surface area (Å²) in [6, 6.07) is 14.7. The first-order valence-corrected chi connectivity index (χ1v) is 8.34. The molecular formula is C18H11BrClFN2O2. The Labute approximate surface area is 156 Å². The van der Waals surface area contributed by atoms with Crippen LogP contribution in [0.4, 0.5) is 4.39 Å². The maximum absolute atomic E-state index is 13.2. The maximum Gasteiger partial charge on any atom is 0.271 e.